The molecule has 0 spiro atoms. The Kier molecular flexibility index (Phi) is 7.09. The first-order valence-corrected chi connectivity index (χ1v) is 12.6. The van der Waals surface area contributed by atoms with Gasteiger partial charge in [-0.2, -0.15) is 5.10 Å². The second kappa shape index (κ2) is 10.2. The Balaban J connectivity index is 1.56. The van der Waals surface area contributed by atoms with Gasteiger partial charge >= 0.3 is 0 Å². The average Bonchev–Trinajstić information content (AvgIpc) is 3.32. The van der Waals surface area contributed by atoms with Crippen LogP contribution in [0.5, 0.6) is 5.75 Å². The lowest BCUT2D eigenvalue weighted by Crippen LogP contribution is -2.29. The quantitative estimate of drug-likeness (QED) is 0.433. The van der Waals surface area contributed by atoms with Crippen LogP contribution in [0.15, 0.2) is 42.7 Å². The highest BCUT2D eigenvalue weighted by Gasteiger charge is 2.22. The Hall–Kier alpha value is -3.18. The highest BCUT2D eigenvalue weighted by molar-refractivity contribution is 7.89. The number of nitrogens with one attached hydrogen (secondary N) is 2. The van der Waals surface area contributed by atoms with E-state index in [1.807, 2.05) is 12.1 Å². The van der Waals surface area contributed by atoms with Crippen molar-refractivity contribution >= 4 is 27.3 Å². The van der Waals surface area contributed by atoms with Gasteiger partial charge in [0.15, 0.2) is 0 Å². The average molecular weight is 472 g/mol. The monoisotopic (exact) mass is 471 g/mol. The van der Waals surface area contributed by atoms with Crippen molar-refractivity contribution in [1.82, 2.24) is 20.2 Å². The van der Waals surface area contributed by atoms with Gasteiger partial charge in [-0.1, -0.05) is 0 Å². The number of nitrogens with two attached hydrogens (primary N) is 1. The molecule has 11 heteroatoms. The highest BCUT2D eigenvalue weighted by atomic mass is 32.2. The van der Waals surface area contributed by atoms with Crippen molar-refractivity contribution in [3.05, 3.63) is 54.1 Å². The van der Waals surface area contributed by atoms with Crippen LogP contribution in [-0.2, 0) is 16.4 Å². The van der Waals surface area contributed by atoms with E-state index >= 15 is 0 Å². The highest BCUT2D eigenvalue weighted by Crippen LogP contribution is 2.32. The van der Waals surface area contributed by atoms with Gasteiger partial charge in [-0.15, -0.1) is 0 Å². The third-order valence-electron chi connectivity index (χ3n) is 5.70. The number of aromatic nitrogens is 4. The zero-order chi connectivity index (χ0) is 23.3. The molecule has 176 valence electrons. The molecule has 2 aromatic heterocycles. The van der Waals surface area contributed by atoms with Crippen LogP contribution in [0.1, 0.15) is 36.6 Å². The number of anilines is 3. The molecular formula is C22H29N7O3S. The van der Waals surface area contributed by atoms with Crippen molar-refractivity contribution in [2.75, 3.05) is 36.2 Å². The van der Waals surface area contributed by atoms with Crippen molar-refractivity contribution in [2.45, 2.75) is 31.6 Å². The Morgan fingerprint density at radius 2 is 2.03 bits per heavy atom. The second-order valence-corrected chi connectivity index (χ2v) is 9.82. The zero-order valence-corrected chi connectivity index (χ0v) is 19.4. The molecular weight excluding hydrogens is 442 g/mol. The maximum absolute atomic E-state index is 11.8. The standard InChI is InChI=1S/C22H29N7O3S/c1-32-21-14-18(29-11-3-2-4-12-29)5-6-20(21)27-22-24-9-8-19(26-22)16(15-33(23,30)31)13-17-7-10-25-28-17/h5-10,14,16H,2-4,11-13,15H2,1H3,(H,25,28)(H2,23,30,31)(H,24,26,27). The summed E-state index contributed by atoms with van der Waals surface area (Å²) in [6.45, 7) is 2.09. The van der Waals surface area contributed by atoms with Gasteiger partial charge in [-0.05, 0) is 43.5 Å². The summed E-state index contributed by atoms with van der Waals surface area (Å²) in [6.07, 6.45) is 7.33. The third kappa shape index (κ3) is 6.20. The molecule has 1 saturated heterocycles. The van der Waals surface area contributed by atoms with E-state index in [0.717, 1.165) is 30.2 Å². The third-order valence-corrected chi connectivity index (χ3v) is 6.56. The number of aromatic amines is 1. The first-order valence-electron chi connectivity index (χ1n) is 10.9. The summed E-state index contributed by atoms with van der Waals surface area (Å²) in [4.78, 5) is 11.2. The Bertz CT molecular complexity index is 1160. The molecule has 10 nitrogen and oxygen atoms in total. The zero-order valence-electron chi connectivity index (χ0n) is 18.6. The van der Waals surface area contributed by atoms with Gasteiger partial charge in [-0.25, -0.2) is 23.5 Å². The molecule has 0 radical (unpaired) electrons. The van der Waals surface area contributed by atoms with Gasteiger partial charge in [0.1, 0.15) is 5.75 Å². The molecule has 4 rings (SSSR count). The minimum atomic E-state index is -3.72. The normalized spacial score (nSPS) is 15.3. The Labute approximate surface area is 193 Å². The number of ether oxygens (including phenoxy) is 1. The fourth-order valence-corrected chi connectivity index (χ4v) is 4.95. The number of hydrogen-bond acceptors (Lipinski definition) is 8. The smallest absolute Gasteiger partial charge is 0.227 e. The summed E-state index contributed by atoms with van der Waals surface area (Å²) in [5.74, 6) is 0.322. The predicted octanol–water partition coefficient (Wildman–Crippen LogP) is 2.56. The van der Waals surface area contributed by atoms with Crippen molar-refractivity contribution < 1.29 is 13.2 Å². The molecule has 1 unspecified atom stereocenters. The van der Waals surface area contributed by atoms with Gasteiger partial charge in [0, 0.05) is 49.6 Å². The van der Waals surface area contributed by atoms with Crippen LogP contribution in [0.2, 0.25) is 0 Å². The molecule has 1 aliphatic rings. The fourth-order valence-electron chi connectivity index (χ4n) is 4.10. The number of H-pyrrole nitrogens is 1. The summed E-state index contributed by atoms with van der Waals surface area (Å²) in [7, 11) is -2.09. The van der Waals surface area contributed by atoms with Crippen LogP contribution in [0.3, 0.4) is 0 Å². The van der Waals surface area contributed by atoms with Crippen molar-refractivity contribution in [2.24, 2.45) is 5.14 Å². The van der Waals surface area contributed by atoms with E-state index in [0.29, 0.717) is 23.8 Å². The number of sulfonamides is 1. The number of methoxy groups -OCH3 is 1. The van der Waals surface area contributed by atoms with Gasteiger partial charge in [0.2, 0.25) is 16.0 Å². The second-order valence-electron chi connectivity index (χ2n) is 8.16. The summed E-state index contributed by atoms with van der Waals surface area (Å²) in [6, 6.07) is 9.51. The molecule has 3 aromatic rings. The molecule has 1 aromatic carbocycles. The number of benzene rings is 1. The van der Waals surface area contributed by atoms with E-state index in [9.17, 15) is 8.42 Å². The number of primary sulfonamides is 1. The number of hydrogen-bond donors (Lipinski definition) is 3. The maximum Gasteiger partial charge on any atom is 0.227 e. The molecule has 1 aliphatic heterocycles. The summed E-state index contributed by atoms with van der Waals surface area (Å²) < 4.78 is 29.3. The van der Waals surface area contributed by atoms with Crippen LogP contribution < -0.4 is 20.1 Å². The van der Waals surface area contributed by atoms with Gasteiger partial charge in [0.25, 0.3) is 0 Å². The van der Waals surface area contributed by atoms with Crippen LogP contribution in [0.25, 0.3) is 0 Å². The molecule has 1 fully saturated rings. The van der Waals surface area contributed by atoms with E-state index in [1.165, 1.54) is 19.3 Å². The lowest BCUT2D eigenvalue weighted by atomic mass is 10.0. The Morgan fingerprint density at radius 1 is 1.21 bits per heavy atom. The van der Waals surface area contributed by atoms with Gasteiger partial charge in [-0.3, -0.25) is 5.10 Å². The SMILES string of the molecule is COc1cc(N2CCCCC2)ccc1Nc1nccc(C(Cc2cc[nH]n2)CS(N)(=O)=O)n1. The van der Waals surface area contributed by atoms with Crippen molar-refractivity contribution in [3.63, 3.8) is 0 Å². The summed E-state index contributed by atoms with van der Waals surface area (Å²) in [5, 5.41) is 15.4. The molecule has 0 aliphatic carbocycles. The minimum absolute atomic E-state index is 0.246. The van der Waals surface area contributed by atoms with E-state index < -0.39 is 15.9 Å². The van der Waals surface area contributed by atoms with Gasteiger partial charge < -0.3 is 15.0 Å². The van der Waals surface area contributed by atoms with E-state index in [2.05, 4.69) is 36.4 Å². The first kappa shape index (κ1) is 23.0. The van der Waals surface area contributed by atoms with Crippen molar-refractivity contribution in [1.29, 1.82) is 0 Å². The van der Waals surface area contributed by atoms with Crippen LogP contribution in [0, 0.1) is 0 Å². The van der Waals surface area contributed by atoms with E-state index in [-0.39, 0.29) is 5.75 Å². The molecule has 1 atom stereocenters. The van der Waals surface area contributed by atoms with Crippen molar-refractivity contribution in [3.8, 4) is 5.75 Å². The number of piperidine rings is 1. The molecule has 0 saturated carbocycles. The summed E-state index contributed by atoms with van der Waals surface area (Å²) in [5.41, 5.74) is 3.14. The van der Waals surface area contributed by atoms with Crippen LogP contribution >= 0.6 is 0 Å². The summed E-state index contributed by atoms with van der Waals surface area (Å²) >= 11 is 0. The largest absolute Gasteiger partial charge is 0.494 e. The van der Waals surface area contributed by atoms with Crippen LogP contribution in [-0.4, -0.2) is 54.5 Å². The molecule has 4 N–H and O–H groups in total. The topological polar surface area (TPSA) is 139 Å². The molecule has 0 bridgehead atoms. The Morgan fingerprint density at radius 3 is 2.73 bits per heavy atom. The lowest BCUT2D eigenvalue weighted by Gasteiger charge is -2.29. The van der Waals surface area contributed by atoms with E-state index in [1.54, 1.807) is 31.6 Å². The van der Waals surface area contributed by atoms with Gasteiger partial charge in [0.05, 0.1) is 29.9 Å². The molecule has 0 amide bonds. The molecule has 33 heavy (non-hydrogen) atoms. The first-order chi connectivity index (χ1) is 15.9. The maximum atomic E-state index is 11.8. The number of rotatable bonds is 9. The number of nitrogens with zero attached hydrogens (tertiary/aromatic N) is 4. The predicted molar refractivity (Wildman–Crippen MR) is 127 cm³/mol. The van der Waals surface area contributed by atoms with Crippen LogP contribution in [0.4, 0.5) is 17.3 Å². The molecule has 3 heterocycles. The fraction of sp³-hybridized carbons (Fsp3) is 0.409. The minimum Gasteiger partial charge on any atom is -0.494 e. The van der Waals surface area contributed by atoms with E-state index in [4.69, 9.17) is 9.88 Å². The lowest BCUT2D eigenvalue weighted by molar-refractivity contribution is 0.416.